The Morgan fingerprint density at radius 3 is 1.59 bits per heavy atom. The Hall–Kier alpha value is -4.38. The number of amides is 2. The second-order valence-electron chi connectivity index (χ2n) is 11.9. The molecule has 2 fully saturated rings. The third-order valence-corrected chi connectivity index (χ3v) is 9.10. The number of halogens is 3. The molecule has 0 aliphatic carbocycles. The van der Waals surface area contributed by atoms with Crippen molar-refractivity contribution in [3.8, 4) is 0 Å². The molecule has 2 amide bonds. The van der Waals surface area contributed by atoms with Gasteiger partial charge in [-0.05, 0) is 33.8 Å². The molecule has 0 bridgehead atoms. The summed E-state index contributed by atoms with van der Waals surface area (Å²) in [6.07, 6.45) is -4.12. The number of carboxylic acid groups (broad SMARTS) is 2. The van der Waals surface area contributed by atoms with Gasteiger partial charge in [0.05, 0.1) is 29.2 Å². The molecule has 268 valence electrons. The van der Waals surface area contributed by atoms with Crippen LogP contribution in [-0.4, -0.2) is 89.6 Å². The van der Waals surface area contributed by atoms with Crippen molar-refractivity contribution in [3.63, 3.8) is 0 Å². The molecule has 2 aliphatic rings. The Labute approximate surface area is 274 Å². The SMILES string of the molecule is CC1(C)OCC(C(O)(C(N)=O)c2c(C(=O)O)cc(S(=O)(=O)Nc3c(F)cc(F)cc3F)c(C(O)(C(N)=O)C3COC(C)(C)O3)c2C(=O)O)O1. The molecule has 49 heavy (non-hydrogen) atoms. The lowest BCUT2D eigenvalue weighted by molar-refractivity contribution is -0.180. The summed E-state index contributed by atoms with van der Waals surface area (Å²) in [5, 5.41) is 44.8. The van der Waals surface area contributed by atoms with Crippen molar-refractivity contribution in [1.82, 2.24) is 0 Å². The van der Waals surface area contributed by atoms with Crippen molar-refractivity contribution >= 4 is 39.5 Å². The Morgan fingerprint density at radius 1 is 0.816 bits per heavy atom. The molecule has 0 saturated carbocycles. The van der Waals surface area contributed by atoms with E-state index in [1.165, 1.54) is 32.4 Å². The molecule has 4 unspecified atom stereocenters. The average Bonchev–Trinajstić information content (AvgIpc) is 3.53. The van der Waals surface area contributed by atoms with Gasteiger partial charge in [0, 0.05) is 23.3 Å². The number of primary amides is 2. The lowest BCUT2D eigenvalue weighted by Crippen LogP contribution is -2.56. The third-order valence-electron chi connectivity index (χ3n) is 7.73. The van der Waals surface area contributed by atoms with E-state index in [4.69, 9.17) is 30.4 Å². The van der Waals surface area contributed by atoms with E-state index in [0.717, 1.165) is 0 Å². The van der Waals surface area contributed by atoms with Crippen molar-refractivity contribution in [2.24, 2.45) is 11.5 Å². The smallest absolute Gasteiger partial charge is 0.336 e. The van der Waals surface area contributed by atoms with Gasteiger partial charge in [0.1, 0.15) is 23.7 Å². The lowest BCUT2D eigenvalue weighted by Gasteiger charge is -2.37. The fourth-order valence-corrected chi connectivity index (χ4v) is 6.90. The number of anilines is 1. The van der Waals surface area contributed by atoms with Gasteiger partial charge in [0.15, 0.2) is 34.4 Å². The highest BCUT2D eigenvalue weighted by atomic mass is 32.2. The van der Waals surface area contributed by atoms with Crippen LogP contribution in [0.1, 0.15) is 59.5 Å². The molecule has 2 heterocycles. The standard InChI is InChI=1S/C28H30F3N3O14S/c1-25(2)45-8-15(47-25)27(41,23(32)39)18-11(21(35)36)7-14(49(43,44)34-20-12(30)5-10(29)6-13(20)31)19(17(18)22(37)38)28(42,24(33)40)16-9-46-26(3,4)48-16/h5-7,15-16,34,41-42H,8-9H2,1-4H3,(H2,32,39)(H2,33,40)(H,35,36)(H,37,38). The number of benzene rings is 2. The minimum absolute atomic E-state index is 0.0555. The van der Waals surface area contributed by atoms with Crippen LogP contribution in [0.2, 0.25) is 0 Å². The Bertz CT molecular complexity index is 1870. The van der Waals surface area contributed by atoms with Gasteiger partial charge < -0.3 is 50.8 Å². The predicted molar refractivity (Wildman–Crippen MR) is 153 cm³/mol. The molecule has 0 spiro atoms. The molecule has 2 aromatic carbocycles. The first kappa shape index (κ1) is 37.4. The predicted octanol–water partition coefficient (Wildman–Crippen LogP) is -0.0501. The van der Waals surface area contributed by atoms with Crippen LogP contribution in [0.15, 0.2) is 23.1 Å². The Kier molecular flexibility index (Phi) is 9.31. The molecule has 17 nitrogen and oxygen atoms in total. The molecule has 2 aliphatic heterocycles. The minimum atomic E-state index is -5.81. The van der Waals surface area contributed by atoms with Gasteiger partial charge in [0.2, 0.25) is 0 Å². The van der Waals surface area contributed by atoms with E-state index in [2.05, 4.69) is 0 Å². The van der Waals surface area contributed by atoms with Crippen molar-refractivity contribution in [2.45, 2.75) is 67.6 Å². The largest absolute Gasteiger partial charge is 0.478 e. The van der Waals surface area contributed by atoms with Crippen LogP contribution in [0.3, 0.4) is 0 Å². The summed E-state index contributed by atoms with van der Waals surface area (Å²) in [6.45, 7) is 3.53. The molecular formula is C28H30F3N3O14S. The molecule has 21 heteroatoms. The molecule has 9 N–H and O–H groups in total. The van der Waals surface area contributed by atoms with E-state index in [1.54, 1.807) is 0 Å². The normalized spacial score (nSPS) is 22.6. The van der Waals surface area contributed by atoms with E-state index in [9.17, 15) is 61.2 Å². The summed E-state index contributed by atoms with van der Waals surface area (Å²) >= 11 is 0. The van der Waals surface area contributed by atoms with Gasteiger partial charge in [-0.1, -0.05) is 0 Å². The van der Waals surface area contributed by atoms with E-state index in [1.807, 2.05) is 0 Å². The lowest BCUT2D eigenvalue weighted by atomic mass is 9.75. The molecule has 2 aromatic rings. The number of carbonyl (C=O) groups is 4. The molecule has 2 saturated heterocycles. The number of aromatic carboxylic acids is 2. The maximum atomic E-state index is 14.6. The number of nitrogens with two attached hydrogens (primary N) is 2. The van der Waals surface area contributed by atoms with E-state index in [-0.39, 0.29) is 18.2 Å². The van der Waals surface area contributed by atoms with E-state index < -0.39 is 132 Å². The zero-order valence-electron chi connectivity index (χ0n) is 25.9. The monoisotopic (exact) mass is 721 g/mol. The summed E-state index contributed by atoms with van der Waals surface area (Å²) in [7, 11) is -5.81. The maximum absolute atomic E-state index is 14.6. The zero-order valence-corrected chi connectivity index (χ0v) is 26.7. The molecular weight excluding hydrogens is 691 g/mol. The number of hydrogen-bond acceptors (Lipinski definition) is 12. The number of rotatable bonds is 11. The van der Waals surface area contributed by atoms with Gasteiger partial charge in [-0.2, -0.15) is 0 Å². The highest BCUT2D eigenvalue weighted by Crippen LogP contribution is 2.46. The zero-order chi connectivity index (χ0) is 37.2. The van der Waals surface area contributed by atoms with Crippen molar-refractivity contribution in [3.05, 3.63) is 57.9 Å². The van der Waals surface area contributed by atoms with Gasteiger partial charge in [-0.15, -0.1) is 0 Å². The minimum Gasteiger partial charge on any atom is -0.478 e. The van der Waals surface area contributed by atoms with E-state index in [0.29, 0.717) is 0 Å². The van der Waals surface area contributed by atoms with Crippen molar-refractivity contribution in [1.29, 1.82) is 0 Å². The van der Waals surface area contributed by atoms with Gasteiger partial charge in [-0.25, -0.2) is 31.2 Å². The number of ether oxygens (including phenoxy) is 4. The molecule has 0 radical (unpaired) electrons. The molecule has 4 atom stereocenters. The number of carbonyl (C=O) groups excluding carboxylic acids is 2. The summed E-state index contributed by atoms with van der Waals surface area (Å²) in [6, 6.07) is 0.171. The first-order valence-electron chi connectivity index (χ1n) is 13.8. The second-order valence-corrected chi connectivity index (χ2v) is 13.6. The summed E-state index contributed by atoms with van der Waals surface area (Å²) in [5.74, 6) is -16.9. The van der Waals surface area contributed by atoms with Crippen LogP contribution in [-0.2, 0) is 49.8 Å². The van der Waals surface area contributed by atoms with Crippen LogP contribution >= 0.6 is 0 Å². The van der Waals surface area contributed by atoms with Gasteiger partial charge in [0.25, 0.3) is 21.8 Å². The first-order valence-corrected chi connectivity index (χ1v) is 15.3. The van der Waals surface area contributed by atoms with Crippen LogP contribution in [0.5, 0.6) is 0 Å². The van der Waals surface area contributed by atoms with Crippen molar-refractivity contribution in [2.75, 3.05) is 17.9 Å². The highest BCUT2D eigenvalue weighted by molar-refractivity contribution is 7.92. The van der Waals surface area contributed by atoms with Crippen molar-refractivity contribution < 1.29 is 80.1 Å². The number of nitrogens with one attached hydrogen (secondary N) is 1. The summed E-state index contributed by atoms with van der Waals surface area (Å²) < 4.78 is 93.9. The Balaban J connectivity index is 2.25. The highest BCUT2D eigenvalue weighted by Gasteiger charge is 2.60. The molecule has 0 aromatic heterocycles. The van der Waals surface area contributed by atoms with Gasteiger partial charge >= 0.3 is 11.9 Å². The fourth-order valence-electron chi connectivity index (χ4n) is 5.53. The first-order chi connectivity index (χ1) is 22.3. The summed E-state index contributed by atoms with van der Waals surface area (Å²) in [5.41, 5.74) is -4.22. The number of carboxylic acids is 2. The van der Waals surface area contributed by atoms with Gasteiger partial charge in [-0.3, -0.25) is 14.3 Å². The molecule has 4 rings (SSSR count). The number of hydrogen-bond donors (Lipinski definition) is 7. The van der Waals surface area contributed by atoms with Crippen LogP contribution in [0.4, 0.5) is 18.9 Å². The quantitative estimate of drug-likeness (QED) is 0.160. The van der Waals surface area contributed by atoms with Crippen LogP contribution < -0.4 is 16.2 Å². The third kappa shape index (κ3) is 6.40. The number of aliphatic hydroxyl groups is 2. The topological polar surface area (TPSA) is 284 Å². The van der Waals surface area contributed by atoms with Crippen LogP contribution in [0.25, 0.3) is 0 Å². The Morgan fingerprint density at radius 2 is 1.24 bits per heavy atom. The van der Waals surface area contributed by atoms with E-state index >= 15 is 0 Å². The summed E-state index contributed by atoms with van der Waals surface area (Å²) in [4.78, 5) is 50.4. The fraction of sp³-hybridized carbons (Fsp3) is 0.429. The maximum Gasteiger partial charge on any atom is 0.336 e. The van der Waals surface area contributed by atoms with Crippen LogP contribution in [0, 0.1) is 17.5 Å². The second kappa shape index (κ2) is 12.2. The number of sulfonamides is 1. The average molecular weight is 722 g/mol.